The molecule has 24 heavy (non-hydrogen) atoms. The lowest BCUT2D eigenvalue weighted by Gasteiger charge is -2.05. The minimum atomic E-state index is -0.542. The number of oxazole rings is 1. The maximum absolute atomic E-state index is 11.8. The molecule has 6 nitrogen and oxygen atoms in total. The molecule has 0 aliphatic rings. The molecule has 3 aromatic rings. The van der Waals surface area contributed by atoms with Crippen molar-refractivity contribution in [1.82, 2.24) is 10.3 Å². The van der Waals surface area contributed by atoms with Gasteiger partial charge in [0.2, 0.25) is 5.89 Å². The van der Waals surface area contributed by atoms with Gasteiger partial charge in [-0.1, -0.05) is 24.3 Å². The molecule has 0 atom stereocenters. The minimum absolute atomic E-state index is 0.00504. The van der Waals surface area contributed by atoms with Crippen LogP contribution in [0.4, 0.5) is 0 Å². The van der Waals surface area contributed by atoms with E-state index in [0.29, 0.717) is 17.1 Å². The van der Waals surface area contributed by atoms with E-state index in [9.17, 15) is 9.59 Å². The molecule has 0 radical (unpaired) electrons. The van der Waals surface area contributed by atoms with Crippen molar-refractivity contribution in [2.45, 2.75) is 6.61 Å². The standard InChI is InChI=1S/C17H14N2O4S/c20-15(9-18-16(21)12-5-2-1-3-6-12)22-10-13-11-23-17(19-13)14-7-4-8-24-14/h1-8,11H,9-10H2,(H,18,21). The van der Waals surface area contributed by atoms with Crippen molar-refractivity contribution in [1.29, 1.82) is 0 Å². The van der Waals surface area contributed by atoms with Gasteiger partial charge in [0.1, 0.15) is 25.1 Å². The first kappa shape index (κ1) is 15.9. The molecule has 0 fully saturated rings. The molecule has 0 unspecified atom stereocenters. The van der Waals surface area contributed by atoms with Crippen LogP contribution in [0.25, 0.3) is 10.8 Å². The Morgan fingerprint density at radius 1 is 1.17 bits per heavy atom. The molecule has 122 valence electrons. The number of thiophene rings is 1. The van der Waals surface area contributed by atoms with Crippen LogP contribution in [-0.2, 0) is 16.1 Å². The molecule has 1 amide bonds. The molecule has 0 saturated heterocycles. The van der Waals surface area contributed by atoms with Crippen molar-refractivity contribution >= 4 is 23.2 Å². The first-order valence-corrected chi connectivity index (χ1v) is 8.07. The van der Waals surface area contributed by atoms with Gasteiger partial charge in [0.15, 0.2) is 0 Å². The van der Waals surface area contributed by atoms with Gasteiger partial charge in [0, 0.05) is 5.56 Å². The molecule has 2 aromatic heterocycles. The van der Waals surface area contributed by atoms with Crippen LogP contribution in [0.2, 0.25) is 0 Å². The van der Waals surface area contributed by atoms with Crippen LogP contribution in [0.5, 0.6) is 0 Å². The SMILES string of the molecule is O=C(CNC(=O)c1ccccc1)OCc1coc(-c2cccs2)n1. The number of hydrogen-bond acceptors (Lipinski definition) is 6. The van der Waals surface area contributed by atoms with E-state index in [-0.39, 0.29) is 19.1 Å². The van der Waals surface area contributed by atoms with Gasteiger partial charge in [-0.25, -0.2) is 4.98 Å². The average Bonchev–Trinajstić information content (AvgIpc) is 3.29. The molecule has 0 aliphatic heterocycles. The van der Waals surface area contributed by atoms with E-state index in [0.717, 1.165) is 4.88 Å². The monoisotopic (exact) mass is 342 g/mol. The lowest BCUT2D eigenvalue weighted by Crippen LogP contribution is -2.30. The normalized spacial score (nSPS) is 10.3. The number of hydrogen-bond donors (Lipinski definition) is 1. The first-order valence-electron chi connectivity index (χ1n) is 7.19. The van der Waals surface area contributed by atoms with Crippen molar-refractivity contribution in [3.05, 3.63) is 65.4 Å². The van der Waals surface area contributed by atoms with E-state index < -0.39 is 5.97 Å². The Kier molecular flexibility index (Phi) is 5.02. The Hall–Kier alpha value is -2.93. The predicted molar refractivity (Wildman–Crippen MR) is 88.4 cm³/mol. The van der Waals surface area contributed by atoms with Crippen LogP contribution >= 0.6 is 11.3 Å². The number of amides is 1. The largest absolute Gasteiger partial charge is 0.458 e. The van der Waals surface area contributed by atoms with Gasteiger partial charge in [0.05, 0.1) is 4.88 Å². The van der Waals surface area contributed by atoms with Crippen LogP contribution in [0.3, 0.4) is 0 Å². The highest BCUT2D eigenvalue weighted by Crippen LogP contribution is 2.23. The topological polar surface area (TPSA) is 81.4 Å². The Morgan fingerprint density at radius 2 is 2.00 bits per heavy atom. The second-order valence-corrected chi connectivity index (χ2v) is 5.78. The summed E-state index contributed by atoms with van der Waals surface area (Å²) in [6.45, 7) is -0.210. The fraction of sp³-hybridized carbons (Fsp3) is 0.118. The number of carbonyl (C=O) groups is 2. The number of ether oxygens (including phenoxy) is 1. The number of nitrogens with one attached hydrogen (secondary N) is 1. The highest BCUT2D eigenvalue weighted by Gasteiger charge is 2.11. The molecule has 2 heterocycles. The molecule has 7 heteroatoms. The van der Waals surface area contributed by atoms with Gasteiger partial charge >= 0.3 is 5.97 Å². The van der Waals surface area contributed by atoms with Gasteiger partial charge in [-0.15, -0.1) is 11.3 Å². The fourth-order valence-corrected chi connectivity index (χ4v) is 2.59. The number of aromatic nitrogens is 1. The molecule has 1 N–H and O–H groups in total. The molecular formula is C17H14N2O4S. The van der Waals surface area contributed by atoms with Crippen molar-refractivity contribution in [3.8, 4) is 10.8 Å². The Balaban J connectivity index is 1.45. The summed E-state index contributed by atoms with van der Waals surface area (Å²) in [6, 6.07) is 12.5. The number of carbonyl (C=O) groups excluding carboxylic acids is 2. The van der Waals surface area contributed by atoms with Gasteiger partial charge < -0.3 is 14.5 Å². The van der Waals surface area contributed by atoms with E-state index in [1.807, 2.05) is 23.6 Å². The second-order valence-electron chi connectivity index (χ2n) is 4.83. The maximum Gasteiger partial charge on any atom is 0.325 e. The number of rotatable bonds is 6. The first-order chi connectivity index (χ1) is 11.7. The Bertz CT molecular complexity index is 812. The Labute approximate surface area is 142 Å². The van der Waals surface area contributed by atoms with Crippen molar-refractivity contribution in [2.24, 2.45) is 0 Å². The highest BCUT2D eigenvalue weighted by atomic mass is 32.1. The smallest absolute Gasteiger partial charge is 0.325 e. The van der Waals surface area contributed by atoms with Crippen LogP contribution in [0.15, 0.2) is 58.5 Å². The van der Waals surface area contributed by atoms with Crippen LogP contribution in [0, 0.1) is 0 Å². The molecule has 1 aromatic carbocycles. The van der Waals surface area contributed by atoms with Crippen molar-refractivity contribution in [2.75, 3.05) is 6.54 Å². The number of nitrogens with zero attached hydrogens (tertiary/aromatic N) is 1. The summed E-state index contributed by atoms with van der Waals surface area (Å²) in [7, 11) is 0. The maximum atomic E-state index is 11.8. The molecule has 0 spiro atoms. The summed E-state index contributed by atoms with van der Waals surface area (Å²) in [5, 5.41) is 4.43. The predicted octanol–water partition coefficient (Wildman–Crippen LogP) is 2.88. The summed E-state index contributed by atoms with van der Waals surface area (Å²) >= 11 is 1.51. The third-order valence-corrected chi connectivity index (χ3v) is 3.95. The van der Waals surface area contributed by atoms with E-state index >= 15 is 0 Å². The van der Waals surface area contributed by atoms with Crippen molar-refractivity contribution < 1.29 is 18.7 Å². The minimum Gasteiger partial charge on any atom is -0.458 e. The summed E-state index contributed by atoms with van der Waals surface area (Å²) in [5.74, 6) is -0.373. The molecule has 3 rings (SSSR count). The zero-order valence-corrected chi connectivity index (χ0v) is 13.4. The van der Waals surface area contributed by atoms with E-state index in [1.54, 1.807) is 24.3 Å². The van der Waals surface area contributed by atoms with Crippen LogP contribution in [-0.4, -0.2) is 23.4 Å². The lowest BCUT2D eigenvalue weighted by molar-refractivity contribution is -0.143. The number of benzene rings is 1. The fourth-order valence-electron chi connectivity index (χ4n) is 1.94. The molecule has 0 bridgehead atoms. The van der Waals surface area contributed by atoms with E-state index in [1.165, 1.54) is 17.6 Å². The molecular weight excluding hydrogens is 328 g/mol. The zero-order chi connectivity index (χ0) is 16.8. The lowest BCUT2D eigenvalue weighted by atomic mass is 10.2. The summed E-state index contributed by atoms with van der Waals surface area (Å²) in [5.41, 5.74) is 1.00. The van der Waals surface area contributed by atoms with Gasteiger partial charge in [-0.05, 0) is 23.6 Å². The summed E-state index contributed by atoms with van der Waals surface area (Å²) < 4.78 is 10.4. The molecule has 0 saturated carbocycles. The number of esters is 1. The second kappa shape index (κ2) is 7.56. The van der Waals surface area contributed by atoms with Gasteiger partial charge in [-0.3, -0.25) is 9.59 Å². The Morgan fingerprint density at radius 3 is 2.75 bits per heavy atom. The van der Waals surface area contributed by atoms with E-state index in [2.05, 4.69) is 10.3 Å². The average molecular weight is 342 g/mol. The zero-order valence-electron chi connectivity index (χ0n) is 12.6. The van der Waals surface area contributed by atoms with Gasteiger partial charge in [-0.2, -0.15) is 0 Å². The third kappa shape index (κ3) is 4.08. The summed E-state index contributed by atoms with van der Waals surface area (Å²) in [6.07, 6.45) is 1.45. The van der Waals surface area contributed by atoms with E-state index in [4.69, 9.17) is 9.15 Å². The van der Waals surface area contributed by atoms with Crippen LogP contribution < -0.4 is 5.32 Å². The highest BCUT2D eigenvalue weighted by molar-refractivity contribution is 7.13. The van der Waals surface area contributed by atoms with Crippen molar-refractivity contribution in [3.63, 3.8) is 0 Å². The quantitative estimate of drug-likeness (QED) is 0.697. The molecule has 0 aliphatic carbocycles. The van der Waals surface area contributed by atoms with Crippen LogP contribution in [0.1, 0.15) is 16.1 Å². The third-order valence-electron chi connectivity index (χ3n) is 3.09. The summed E-state index contributed by atoms with van der Waals surface area (Å²) in [4.78, 5) is 28.7. The van der Waals surface area contributed by atoms with Gasteiger partial charge in [0.25, 0.3) is 5.91 Å².